The highest BCUT2D eigenvalue weighted by atomic mass is 19.4. The summed E-state index contributed by atoms with van der Waals surface area (Å²) in [6.07, 6.45) is -9.96. The molecule has 17 heavy (non-hydrogen) atoms. The summed E-state index contributed by atoms with van der Waals surface area (Å²) in [4.78, 5) is 0. The van der Waals surface area contributed by atoms with Crippen molar-refractivity contribution in [3.63, 3.8) is 0 Å². The van der Waals surface area contributed by atoms with Gasteiger partial charge in [0.2, 0.25) is 0 Å². The number of alkyl halides is 6. The van der Waals surface area contributed by atoms with Crippen molar-refractivity contribution in [3.8, 4) is 11.8 Å². The molecule has 8 heteroatoms. The number of benzene rings is 1. The Kier molecular flexibility index (Phi) is 3.22. The Morgan fingerprint density at radius 2 is 1.65 bits per heavy atom. The van der Waals surface area contributed by atoms with Crippen LogP contribution in [0.4, 0.5) is 26.3 Å². The fourth-order valence-electron chi connectivity index (χ4n) is 1.00. The minimum atomic E-state index is -5.16. The molecule has 0 amide bonds. The Bertz CT molecular complexity index is 456. The van der Waals surface area contributed by atoms with Crippen molar-refractivity contribution in [2.24, 2.45) is 0 Å². The van der Waals surface area contributed by atoms with Gasteiger partial charge in [0.05, 0.1) is 11.1 Å². The van der Waals surface area contributed by atoms with Gasteiger partial charge in [-0.05, 0) is 18.2 Å². The van der Waals surface area contributed by atoms with Gasteiger partial charge in [-0.3, -0.25) is 0 Å². The van der Waals surface area contributed by atoms with E-state index in [9.17, 15) is 26.3 Å². The third-order valence-corrected chi connectivity index (χ3v) is 1.66. The van der Waals surface area contributed by atoms with Crippen molar-refractivity contribution >= 4 is 0 Å². The summed E-state index contributed by atoms with van der Waals surface area (Å²) in [5.41, 5.74) is -1.95. The number of nitriles is 1. The van der Waals surface area contributed by atoms with Crippen molar-refractivity contribution in [1.82, 2.24) is 0 Å². The first kappa shape index (κ1) is 13.2. The quantitative estimate of drug-likeness (QED) is 0.720. The lowest BCUT2D eigenvalue weighted by Gasteiger charge is -2.12. The lowest BCUT2D eigenvalue weighted by Crippen LogP contribution is -2.18. The summed E-state index contributed by atoms with van der Waals surface area (Å²) in [7, 11) is 0. The van der Waals surface area contributed by atoms with E-state index >= 15 is 0 Å². The molecule has 0 fully saturated rings. The summed E-state index contributed by atoms with van der Waals surface area (Å²) in [5, 5.41) is 8.43. The summed E-state index contributed by atoms with van der Waals surface area (Å²) >= 11 is 0. The van der Waals surface area contributed by atoms with E-state index in [4.69, 9.17) is 5.26 Å². The Morgan fingerprint density at radius 1 is 1.06 bits per heavy atom. The maximum Gasteiger partial charge on any atom is 0.573 e. The first-order valence-electron chi connectivity index (χ1n) is 4.00. The first-order chi connectivity index (χ1) is 7.63. The largest absolute Gasteiger partial charge is 0.573 e. The fraction of sp³-hybridized carbons (Fsp3) is 0.222. The van der Waals surface area contributed by atoms with Crippen LogP contribution in [0.3, 0.4) is 0 Å². The zero-order chi connectivity index (χ0) is 13.3. The SMILES string of the molecule is N#Cc1ccc(C(F)(F)F)cc1OC(F)(F)F. The van der Waals surface area contributed by atoms with Gasteiger partial charge in [-0.15, -0.1) is 13.2 Å². The summed E-state index contributed by atoms with van der Waals surface area (Å²) in [5.74, 6) is -1.17. The molecule has 92 valence electrons. The van der Waals surface area contributed by atoms with E-state index in [1.165, 1.54) is 6.07 Å². The molecule has 0 heterocycles. The molecule has 0 saturated heterocycles. The van der Waals surface area contributed by atoms with Gasteiger partial charge < -0.3 is 4.74 Å². The van der Waals surface area contributed by atoms with Gasteiger partial charge in [-0.1, -0.05) is 0 Å². The highest BCUT2D eigenvalue weighted by Gasteiger charge is 2.35. The van der Waals surface area contributed by atoms with E-state index < -0.39 is 29.4 Å². The minimum Gasteiger partial charge on any atom is -0.404 e. The van der Waals surface area contributed by atoms with Crippen LogP contribution in [0, 0.1) is 11.3 Å². The van der Waals surface area contributed by atoms with Crippen LogP contribution in [-0.4, -0.2) is 6.36 Å². The molecule has 0 atom stereocenters. The van der Waals surface area contributed by atoms with Crippen LogP contribution in [0.1, 0.15) is 11.1 Å². The second kappa shape index (κ2) is 4.16. The van der Waals surface area contributed by atoms with Crippen LogP contribution >= 0.6 is 0 Å². The Morgan fingerprint density at radius 3 is 2.06 bits per heavy atom. The molecule has 2 nitrogen and oxygen atoms in total. The van der Waals surface area contributed by atoms with Crippen molar-refractivity contribution in [2.45, 2.75) is 12.5 Å². The predicted octanol–water partition coefficient (Wildman–Crippen LogP) is 3.48. The molecular weight excluding hydrogens is 252 g/mol. The smallest absolute Gasteiger partial charge is 0.404 e. The molecule has 0 unspecified atom stereocenters. The number of halogens is 6. The molecule has 0 aromatic heterocycles. The van der Waals surface area contributed by atoms with Crippen molar-refractivity contribution in [3.05, 3.63) is 29.3 Å². The Balaban J connectivity index is 3.22. The van der Waals surface area contributed by atoms with Gasteiger partial charge in [0.25, 0.3) is 0 Å². The van der Waals surface area contributed by atoms with Gasteiger partial charge in [0.1, 0.15) is 11.8 Å². The number of hydrogen-bond acceptors (Lipinski definition) is 2. The van der Waals surface area contributed by atoms with E-state index in [2.05, 4.69) is 4.74 Å². The monoisotopic (exact) mass is 255 g/mol. The Labute approximate surface area is 91.0 Å². The lowest BCUT2D eigenvalue weighted by atomic mass is 10.1. The lowest BCUT2D eigenvalue weighted by molar-refractivity contribution is -0.274. The molecule has 0 aliphatic carbocycles. The molecule has 1 aromatic carbocycles. The van der Waals surface area contributed by atoms with Gasteiger partial charge in [0, 0.05) is 0 Å². The van der Waals surface area contributed by atoms with Gasteiger partial charge >= 0.3 is 12.5 Å². The maximum atomic E-state index is 12.2. The van der Waals surface area contributed by atoms with Crippen molar-refractivity contribution in [2.75, 3.05) is 0 Å². The molecular formula is C9H3F6NO. The molecule has 0 radical (unpaired) electrons. The van der Waals surface area contributed by atoms with E-state index in [0.29, 0.717) is 12.1 Å². The number of rotatable bonds is 1. The number of hydrogen-bond donors (Lipinski definition) is 0. The van der Waals surface area contributed by atoms with Crippen LogP contribution in [-0.2, 0) is 6.18 Å². The first-order valence-corrected chi connectivity index (χ1v) is 4.00. The van der Waals surface area contributed by atoms with Gasteiger partial charge in [0.15, 0.2) is 0 Å². The highest BCUT2D eigenvalue weighted by Crippen LogP contribution is 2.34. The van der Waals surface area contributed by atoms with Crippen LogP contribution in [0.25, 0.3) is 0 Å². The standard InChI is InChI=1S/C9H3F6NO/c10-8(11,12)6-2-1-5(4-16)7(3-6)17-9(13,14)15/h1-3H. The highest BCUT2D eigenvalue weighted by molar-refractivity contribution is 5.46. The summed E-state index contributed by atoms with van der Waals surface area (Å²) < 4.78 is 75.6. The molecule has 0 spiro atoms. The van der Waals surface area contributed by atoms with Gasteiger partial charge in [-0.2, -0.15) is 18.4 Å². The van der Waals surface area contributed by atoms with E-state index in [0.717, 1.165) is 0 Å². The molecule has 1 aromatic rings. The normalized spacial score (nSPS) is 12.1. The zero-order valence-electron chi connectivity index (χ0n) is 7.86. The topological polar surface area (TPSA) is 33.0 Å². The average molecular weight is 255 g/mol. The predicted molar refractivity (Wildman–Crippen MR) is 42.8 cm³/mol. The molecule has 1 rings (SSSR count). The molecule has 0 aliphatic rings. The number of ether oxygens (including phenoxy) is 1. The van der Waals surface area contributed by atoms with Crippen molar-refractivity contribution in [1.29, 1.82) is 5.26 Å². The van der Waals surface area contributed by atoms with Crippen LogP contribution < -0.4 is 4.74 Å². The van der Waals surface area contributed by atoms with Gasteiger partial charge in [-0.25, -0.2) is 0 Å². The second-order valence-corrected chi connectivity index (χ2v) is 2.87. The van der Waals surface area contributed by atoms with Crippen molar-refractivity contribution < 1.29 is 31.1 Å². The van der Waals surface area contributed by atoms with Crippen LogP contribution in [0.5, 0.6) is 5.75 Å². The molecule has 0 saturated carbocycles. The molecule has 0 bridgehead atoms. The van der Waals surface area contributed by atoms with E-state index in [-0.39, 0.29) is 6.07 Å². The van der Waals surface area contributed by atoms with Crippen LogP contribution in [0.2, 0.25) is 0 Å². The molecule has 0 aliphatic heterocycles. The zero-order valence-corrected chi connectivity index (χ0v) is 7.86. The Hall–Kier alpha value is -1.91. The number of nitrogens with zero attached hydrogens (tertiary/aromatic N) is 1. The third kappa shape index (κ3) is 3.55. The average Bonchev–Trinajstić information content (AvgIpc) is 2.13. The molecule has 0 N–H and O–H groups in total. The summed E-state index contributed by atoms with van der Waals surface area (Å²) in [6, 6.07) is 2.55. The maximum absolute atomic E-state index is 12.2. The minimum absolute atomic E-state index is 0.131. The van der Waals surface area contributed by atoms with E-state index in [1.54, 1.807) is 0 Å². The van der Waals surface area contributed by atoms with E-state index in [1.807, 2.05) is 0 Å². The second-order valence-electron chi connectivity index (χ2n) is 2.87. The third-order valence-electron chi connectivity index (χ3n) is 1.66. The summed E-state index contributed by atoms with van der Waals surface area (Å²) in [6.45, 7) is 0. The fourth-order valence-corrected chi connectivity index (χ4v) is 1.00. The van der Waals surface area contributed by atoms with Crippen LogP contribution in [0.15, 0.2) is 18.2 Å².